The molecule has 1 aromatic rings. The number of halogens is 2. The van der Waals surface area contributed by atoms with Crippen LogP contribution in [-0.4, -0.2) is 30.5 Å². The van der Waals surface area contributed by atoms with Gasteiger partial charge in [0, 0.05) is 32.3 Å². The molecule has 0 bridgehead atoms. The van der Waals surface area contributed by atoms with Gasteiger partial charge in [0.25, 0.3) is 0 Å². The summed E-state index contributed by atoms with van der Waals surface area (Å²) in [7, 11) is 0. The highest BCUT2D eigenvalue weighted by molar-refractivity contribution is 5.85. The van der Waals surface area contributed by atoms with E-state index in [1.54, 1.807) is 0 Å². The summed E-state index contributed by atoms with van der Waals surface area (Å²) in [6.07, 6.45) is 12.1. The topological polar surface area (TPSA) is 71.2 Å². The molecule has 0 unspecified atom stereocenters. The fraction of sp³-hybridized carbons (Fsp3) is 0.700. The lowest BCUT2D eigenvalue weighted by Crippen LogP contribution is -2.38. The zero-order valence-electron chi connectivity index (χ0n) is 16.1. The minimum absolute atomic E-state index is 0. The van der Waals surface area contributed by atoms with Crippen molar-refractivity contribution in [2.24, 2.45) is 11.1 Å². The van der Waals surface area contributed by atoms with Crippen molar-refractivity contribution >= 4 is 36.5 Å². The molecule has 7 heteroatoms. The second-order valence-electron chi connectivity index (χ2n) is 7.79. The Balaban J connectivity index is 0.00000182. The number of amides is 1. The van der Waals surface area contributed by atoms with Gasteiger partial charge in [0.2, 0.25) is 5.91 Å². The van der Waals surface area contributed by atoms with Gasteiger partial charge >= 0.3 is 0 Å². The first-order valence-corrected chi connectivity index (χ1v) is 9.87. The molecule has 0 radical (unpaired) electrons. The summed E-state index contributed by atoms with van der Waals surface area (Å²) in [5.74, 6) is 1.17. The Labute approximate surface area is 175 Å². The van der Waals surface area contributed by atoms with Crippen LogP contribution in [0.1, 0.15) is 63.4 Å². The van der Waals surface area contributed by atoms with Crippen LogP contribution in [0.5, 0.6) is 0 Å². The van der Waals surface area contributed by atoms with Crippen LogP contribution in [0, 0.1) is 5.41 Å². The van der Waals surface area contributed by atoms with Gasteiger partial charge in [0.15, 0.2) is 0 Å². The summed E-state index contributed by atoms with van der Waals surface area (Å²) in [6.45, 7) is 3.36. The molecule has 1 aliphatic heterocycles. The molecule has 1 amide bonds. The number of rotatable bonds is 6. The number of nitrogens with zero attached hydrogens (tertiary/aromatic N) is 2. The average Bonchev–Trinajstić information content (AvgIpc) is 2.68. The lowest BCUT2D eigenvalue weighted by Gasteiger charge is -2.35. The van der Waals surface area contributed by atoms with E-state index in [0.717, 1.165) is 37.3 Å². The zero-order chi connectivity index (χ0) is 17.5. The van der Waals surface area contributed by atoms with Crippen LogP contribution in [0.15, 0.2) is 18.3 Å². The monoisotopic (exact) mass is 416 g/mol. The minimum atomic E-state index is 0. The van der Waals surface area contributed by atoms with Gasteiger partial charge in [0.05, 0.1) is 0 Å². The first-order chi connectivity index (χ1) is 12.2. The van der Waals surface area contributed by atoms with Gasteiger partial charge in [-0.1, -0.05) is 19.3 Å². The maximum Gasteiger partial charge on any atom is 0.220 e. The van der Waals surface area contributed by atoms with Crippen molar-refractivity contribution in [2.75, 3.05) is 24.5 Å². The molecular weight excluding hydrogens is 383 g/mol. The number of aromatic nitrogens is 1. The smallest absolute Gasteiger partial charge is 0.220 e. The van der Waals surface area contributed by atoms with Crippen LogP contribution >= 0.6 is 24.8 Å². The molecule has 27 heavy (non-hydrogen) atoms. The molecule has 2 aliphatic rings. The van der Waals surface area contributed by atoms with Gasteiger partial charge in [-0.05, 0) is 61.8 Å². The minimum Gasteiger partial charge on any atom is -0.357 e. The molecule has 5 nitrogen and oxygen atoms in total. The summed E-state index contributed by atoms with van der Waals surface area (Å²) in [6, 6.07) is 4.11. The van der Waals surface area contributed by atoms with Gasteiger partial charge in [-0.15, -0.1) is 24.8 Å². The zero-order valence-corrected chi connectivity index (χ0v) is 17.8. The summed E-state index contributed by atoms with van der Waals surface area (Å²) >= 11 is 0. The molecule has 1 saturated heterocycles. The number of piperidine rings is 1. The van der Waals surface area contributed by atoms with E-state index >= 15 is 0 Å². The molecule has 0 aromatic carbocycles. The summed E-state index contributed by atoms with van der Waals surface area (Å²) in [5.41, 5.74) is 7.15. The summed E-state index contributed by atoms with van der Waals surface area (Å²) in [4.78, 5) is 19.3. The van der Waals surface area contributed by atoms with E-state index in [-0.39, 0.29) is 36.1 Å². The Morgan fingerprint density at radius 1 is 1.11 bits per heavy atom. The SMILES string of the molecule is Cl.Cl.NCC1(CC(=O)NCc2ccnc(N3CCCCC3)c2)CCCCC1. The van der Waals surface area contributed by atoms with E-state index in [1.807, 2.05) is 12.3 Å². The fourth-order valence-electron chi connectivity index (χ4n) is 4.23. The standard InChI is InChI=1S/C20H32N4O.2ClH/c21-16-20(8-3-1-4-9-20)14-19(25)23-15-17-7-10-22-18(13-17)24-11-5-2-6-12-24;;/h7,10,13H,1-6,8-9,11-12,14-16,21H2,(H,23,25);2*1H. The third-order valence-corrected chi connectivity index (χ3v) is 5.86. The van der Waals surface area contributed by atoms with Crippen LogP contribution < -0.4 is 16.0 Å². The molecule has 2 fully saturated rings. The molecule has 3 N–H and O–H groups in total. The van der Waals surface area contributed by atoms with Crippen LogP contribution in [0.25, 0.3) is 0 Å². The molecule has 1 aromatic heterocycles. The van der Waals surface area contributed by atoms with Crippen molar-refractivity contribution in [1.82, 2.24) is 10.3 Å². The molecule has 2 heterocycles. The quantitative estimate of drug-likeness (QED) is 0.738. The molecule has 1 saturated carbocycles. The van der Waals surface area contributed by atoms with Crippen LogP contribution in [-0.2, 0) is 11.3 Å². The number of nitrogens with two attached hydrogens (primary N) is 1. The fourth-order valence-corrected chi connectivity index (χ4v) is 4.23. The van der Waals surface area contributed by atoms with E-state index < -0.39 is 0 Å². The lowest BCUT2D eigenvalue weighted by molar-refractivity contribution is -0.124. The Bertz CT molecular complexity index is 573. The normalized spacial score (nSPS) is 18.8. The predicted octanol–water partition coefficient (Wildman–Crippen LogP) is 3.83. The first kappa shape index (κ1) is 24.0. The van der Waals surface area contributed by atoms with Crippen molar-refractivity contribution < 1.29 is 4.79 Å². The number of hydrogen-bond donors (Lipinski definition) is 2. The van der Waals surface area contributed by atoms with Crippen LogP contribution in [0.4, 0.5) is 5.82 Å². The largest absolute Gasteiger partial charge is 0.357 e. The predicted molar refractivity (Wildman–Crippen MR) is 116 cm³/mol. The second kappa shape index (κ2) is 11.7. The Hall–Kier alpha value is -1.04. The van der Waals surface area contributed by atoms with Gasteiger partial charge in [-0.3, -0.25) is 4.79 Å². The first-order valence-electron chi connectivity index (χ1n) is 9.87. The third-order valence-electron chi connectivity index (χ3n) is 5.86. The molecule has 1 aliphatic carbocycles. The Morgan fingerprint density at radius 2 is 1.78 bits per heavy atom. The van der Waals surface area contributed by atoms with Gasteiger partial charge in [-0.2, -0.15) is 0 Å². The van der Waals surface area contributed by atoms with Crippen LogP contribution in [0.2, 0.25) is 0 Å². The molecule has 0 spiro atoms. The van der Waals surface area contributed by atoms with Crippen molar-refractivity contribution in [3.05, 3.63) is 23.9 Å². The number of nitrogens with one attached hydrogen (secondary N) is 1. The van der Waals surface area contributed by atoms with E-state index in [1.165, 1.54) is 38.5 Å². The van der Waals surface area contributed by atoms with Crippen molar-refractivity contribution in [3.63, 3.8) is 0 Å². The highest BCUT2D eigenvalue weighted by Crippen LogP contribution is 2.38. The van der Waals surface area contributed by atoms with Crippen molar-refractivity contribution in [2.45, 2.75) is 64.3 Å². The number of carbonyl (C=O) groups is 1. The highest BCUT2D eigenvalue weighted by atomic mass is 35.5. The molecule has 3 rings (SSSR count). The number of pyridine rings is 1. The van der Waals surface area contributed by atoms with Gasteiger partial charge in [-0.25, -0.2) is 4.98 Å². The molecular formula is C20H34Cl2N4O. The van der Waals surface area contributed by atoms with E-state index in [0.29, 0.717) is 19.5 Å². The van der Waals surface area contributed by atoms with Crippen molar-refractivity contribution in [3.8, 4) is 0 Å². The van der Waals surface area contributed by atoms with Gasteiger partial charge in [0.1, 0.15) is 5.82 Å². The van der Waals surface area contributed by atoms with Crippen LogP contribution in [0.3, 0.4) is 0 Å². The van der Waals surface area contributed by atoms with E-state index in [4.69, 9.17) is 5.73 Å². The number of hydrogen-bond acceptors (Lipinski definition) is 4. The van der Waals surface area contributed by atoms with E-state index in [2.05, 4.69) is 21.3 Å². The summed E-state index contributed by atoms with van der Waals surface area (Å²) in [5, 5.41) is 3.09. The molecule has 154 valence electrons. The molecule has 0 atom stereocenters. The maximum absolute atomic E-state index is 12.4. The maximum atomic E-state index is 12.4. The Kier molecular flexibility index (Phi) is 10.4. The Morgan fingerprint density at radius 3 is 2.44 bits per heavy atom. The lowest BCUT2D eigenvalue weighted by atomic mass is 9.71. The number of carbonyl (C=O) groups excluding carboxylic acids is 1. The second-order valence-corrected chi connectivity index (χ2v) is 7.79. The summed E-state index contributed by atoms with van der Waals surface area (Å²) < 4.78 is 0. The average molecular weight is 417 g/mol. The highest BCUT2D eigenvalue weighted by Gasteiger charge is 2.32. The van der Waals surface area contributed by atoms with Crippen molar-refractivity contribution in [1.29, 1.82) is 0 Å². The van der Waals surface area contributed by atoms with Gasteiger partial charge < -0.3 is 16.0 Å². The third kappa shape index (κ3) is 6.81. The van der Waals surface area contributed by atoms with E-state index in [9.17, 15) is 4.79 Å². The number of anilines is 1.